The van der Waals surface area contributed by atoms with Crippen molar-refractivity contribution in [3.8, 4) is 11.5 Å². The highest BCUT2D eigenvalue weighted by molar-refractivity contribution is 7.99. The van der Waals surface area contributed by atoms with E-state index in [-0.39, 0.29) is 5.91 Å². The van der Waals surface area contributed by atoms with E-state index in [4.69, 9.17) is 9.47 Å². The lowest BCUT2D eigenvalue weighted by Gasteiger charge is -2.22. The van der Waals surface area contributed by atoms with Crippen LogP contribution in [0.15, 0.2) is 18.2 Å². The van der Waals surface area contributed by atoms with Crippen LogP contribution in [0.4, 0.5) is 0 Å². The zero-order valence-electron chi connectivity index (χ0n) is 14.6. The summed E-state index contributed by atoms with van der Waals surface area (Å²) < 4.78 is 10.9. The molecule has 0 saturated carbocycles. The molecular formula is C18H28N2O3S. The molecule has 1 fully saturated rings. The van der Waals surface area contributed by atoms with Gasteiger partial charge in [0.25, 0.3) is 0 Å². The monoisotopic (exact) mass is 352 g/mol. The Morgan fingerprint density at radius 2 is 2.29 bits per heavy atom. The number of carbonyl (C=O) groups excluding carboxylic acids is 1. The van der Waals surface area contributed by atoms with Crippen molar-refractivity contribution in [3.63, 3.8) is 0 Å². The van der Waals surface area contributed by atoms with Gasteiger partial charge in [0.2, 0.25) is 5.91 Å². The van der Waals surface area contributed by atoms with Gasteiger partial charge in [-0.25, -0.2) is 0 Å². The molecule has 1 unspecified atom stereocenters. The van der Waals surface area contributed by atoms with Crippen LogP contribution in [0, 0.1) is 0 Å². The van der Waals surface area contributed by atoms with E-state index >= 15 is 0 Å². The number of ether oxygens (including phenoxy) is 2. The minimum atomic E-state index is 0.139. The molecule has 0 bridgehead atoms. The summed E-state index contributed by atoms with van der Waals surface area (Å²) >= 11 is 1.91. The molecule has 1 aliphatic heterocycles. The average molecular weight is 353 g/mol. The second-order valence-corrected chi connectivity index (χ2v) is 6.95. The number of hydrogen-bond donors (Lipinski definition) is 2. The van der Waals surface area contributed by atoms with Gasteiger partial charge in [-0.1, -0.05) is 6.07 Å². The molecule has 5 nitrogen and oxygen atoms in total. The van der Waals surface area contributed by atoms with Crippen molar-refractivity contribution in [3.05, 3.63) is 23.8 Å². The van der Waals surface area contributed by atoms with Crippen LogP contribution in [-0.2, 0) is 11.2 Å². The van der Waals surface area contributed by atoms with Gasteiger partial charge >= 0.3 is 0 Å². The van der Waals surface area contributed by atoms with Crippen LogP contribution in [0.3, 0.4) is 0 Å². The highest BCUT2D eigenvalue weighted by Crippen LogP contribution is 2.28. The lowest BCUT2D eigenvalue weighted by molar-refractivity contribution is -0.121. The first kappa shape index (κ1) is 18.9. The van der Waals surface area contributed by atoms with Crippen molar-refractivity contribution in [1.29, 1.82) is 0 Å². The second kappa shape index (κ2) is 10.5. The molecule has 1 atom stereocenters. The van der Waals surface area contributed by atoms with Crippen LogP contribution in [0.1, 0.15) is 25.3 Å². The third-order valence-corrected chi connectivity index (χ3v) is 5.05. The van der Waals surface area contributed by atoms with Crippen molar-refractivity contribution in [1.82, 2.24) is 10.6 Å². The van der Waals surface area contributed by atoms with Crippen molar-refractivity contribution >= 4 is 17.7 Å². The fourth-order valence-electron chi connectivity index (χ4n) is 2.71. The molecule has 0 radical (unpaired) electrons. The van der Waals surface area contributed by atoms with E-state index in [1.54, 1.807) is 7.11 Å². The zero-order chi connectivity index (χ0) is 17.2. The molecule has 134 valence electrons. The van der Waals surface area contributed by atoms with E-state index in [0.717, 1.165) is 42.4 Å². The van der Waals surface area contributed by atoms with Gasteiger partial charge in [0.15, 0.2) is 11.5 Å². The number of amides is 1. The van der Waals surface area contributed by atoms with E-state index < -0.39 is 0 Å². The van der Waals surface area contributed by atoms with Gasteiger partial charge in [0.05, 0.1) is 13.7 Å². The molecule has 1 heterocycles. The van der Waals surface area contributed by atoms with Crippen LogP contribution < -0.4 is 20.1 Å². The molecule has 1 saturated heterocycles. The minimum Gasteiger partial charge on any atom is -0.493 e. The number of rotatable bonds is 9. The molecule has 0 aromatic heterocycles. The van der Waals surface area contributed by atoms with Crippen molar-refractivity contribution in [2.45, 2.75) is 32.2 Å². The lowest BCUT2D eigenvalue weighted by atomic mass is 10.1. The summed E-state index contributed by atoms with van der Waals surface area (Å²) in [6.45, 7) is 4.28. The number of carbonyl (C=O) groups is 1. The molecular weight excluding hydrogens is 324 g/mol. The molecule has 0 aliphatic carbocycles. The Morgan fingerprint density at radius 3 is 3.00 bits per heavy atom. The molecule has 1 aliphatic rings. The summed E-state index contributed by atoms with van der Waals surface area (Å²) in [5.74, 6) is 3.84. The second-order valence-electron chi connectivity index (χ2n) is 5.80. The van der Waals surface area contributed by atoms with E-state index in [1.807, 2.05) is 36.9 Å². The average Bonchev–Trinajstić information content (AvgIpc) is 2.60. The molecule has 1 aromatic carbocycles. The van der Waals surface area contributed by atoms with Crippen LogP contribution in [0.2, 0.25) is 0 Å². The van der Waals surface area contributed by atoms with Crippen LogP contribution in [-0.4, -0.2) is 50.3 Å². The first-order valence-electron chi connectivity index (χ1n) is 8.60. The largest absolute Gasteiger partial charge is 0.493 e. The Kier molecular flexibility index (Phi) is 8.25. The highest BCUT2D eigenvalue weighted by Gasteiger charge is 2.16. The molecule has 2 rings (SSSR count). The van der Waals surface area contributed by atoms with Crippen LogP contribution >= 0.6 is 11.8 Å². The predicted molar refractivity (Wildman–Crippen MR) is 99.2 cm³/mol. The minimum absolute atomic E-state index is 0.139. The Bertz CT molecular complexity index is 519. The number of nitrogens with one attached hydrogen (secondary N) is 2. The normalized spacial score (nSPS) is 17.3. The van der Waals surface area contributed by atoms with Crippen LogP contribution in [0.25, 0.3) is 0 Å². The number of thioether (sulfide) groups is 1. The van der Waals surface area contributed by atoms with E-state index in [1.165, 1.54) is 5.56 Å². The fraction of sp³-hybridized carbons (Fsp3) is 0.611. The Hall–Kier alpha value is -1.40. The topological polar surface area (TPSA) is 59.6 Å². The van der Waals surface area contributed by atoms with Gasteiger partial charge in [0, 0.05) is 37.1 Å². The third-order valence-electron chi connectivity index (χ3n) is 3.92. The summed E-state index contributed by atoms with van der Waals surface area (Å²) in [6, 6.07) is 6.32. The van der Waals surface area contributed by atoms with Gasteiger partial charge in [0.1, 0.15) is 0 Å². The Labute approximate surface area is 148 Å². The van der Waals surface area contributed by atoms with Gasteiger partial charge in [-0.15, -0.1) is 0 Å². The summed E-state index contributed by atoms with van der Waals surface area (Å²) in [6.07, 6.45) is 2.39. The van der Waals surface area contributed by atoms with E-state index in [0.29, 0.717) is 25.6 Å². The van der Waals surface area contributed by atoms with E-state index in [2.05, 4.69) is 10.6 Å². The number of aryl methyl sites for hydroxylation is 1. The first-order valence-corrected chi connectivity index (χ1v) is 9.76. The molecule has 2 N–H and O–H groups in total. The van der Waals surface area contributed by atoms with E-state index in [9.17, 15) is 4.79 Å². The summed E-state index contributed by atoms with van der Waals surface area (Å²) in [5, 5.41) is 6.41. The molecule has 1 aromatic rings. The first-order chi connectivity index (χ1) is 11.7. The van der Waals surface area contributed by atoms with Crippen LogP contribution in [0.5, 0.6) is 11.5 Å². The zero-order valence-corrected chi connectivity index (χ0v) is 15.4. The summed E-state index contributed by atoms with van der Waals surface area (Å²) in [4.78, 5) is 11.9. The maximum atomic E-state index is 11.9. The lowest BCUT2D eigenvalue weighted by Crippen LogP contribution is -2.41. The van der Waals surface area contributed by atoms with Gasteiger partial charge in [-0.05, 0) is 37.5 Å². The van der Waals surface area contributed by atoms with Gasteiger partial charge < -0.3 is 20.1 Å². The smallest absolute Gasteiger partial charge is 0.221 e. The molecule has 6 heteroatoms. The maximum Gasteiger partial charge on any atom is 0.221 e. The fourth-order valence-corrected chi connectivity index (χ4v) is 3.66. The Balaban J connectivity index is 1.69. The predicted octanol–water partition coefficient (Wildman–Crippen LogP) is 2.24. The van der Waals surface area contributed by atoms with Gasteiger partial charge in [-0.3, -0.25) is 4.79 Å². The van der Waals surface area contributed by atoms with Crippen molar-refractivity contribution in [2.75, 3.05) is 38.3 Å². The molecule has 24 heavy (non-hydrogen) atoms. The number of benzene rings is 1. The van der Waals surface area contributed by atoms with Crippen molar-refractivity contribution in [2.24, 2.45) is 0 Å². The molecule has 0 spiro atoms. The summed E-state index contributed by atoms with van der Waals surface area (Å²) in [7, 11) is 1.65. The van der Waals surface area contributed by atoms with Crippen molar-refractivity contribution < 1.29 is 14.3 Å². The standard InChI is InChI=1S/C18H28N2O3S/c1-3-23-17-11-14(6-7-16(17)22-2)5-4-8-20-18(21)12-15-13-24-10-9-19-15/h6-7,11,15,19H,3-5,8-10,12-13H2,1-2H3,(H,20,21). The molecule has 1 amide bonds. The quantitative estimate of drug-likeness (QED) is 0.668. The van der Waals surface area contributed by atoms with Gasteiger partial charge in [-0.2, -0.15) is 11.8 Å². The third kappa shape index (κ3) is 6.24. The summed E-state index contributed by atoms with van der Waals surface area (Å²) in [5.41, 5.74) is 1.19. The number of hydrogen-bond acceptors (Lipinski definition) is 5. The SMILES string of the molecule is CCOc1cc(CCCNC(=O)CC2CSCCN2)ccc1OC. The highest BCUT2D eigenvalue weighted by atomic mass is 32.2. The number of methoxy groups -OCH3 is 1. The Morgan fingerprint density at radius 1 is 1.42 bits per heavy atom. The maximum absolute atomic E-state index is 11.9.